The summed E-state index contributed by atoms with van der Waals surface area (Å²) in [7, 11) is 0. The Balaban J connectivity index is 2.24. The smallest absolute Gasteiger partial charge is 0.168 e. The lowest BCUT2D eigenvalue weighted by atomic mass is 10.0. The quantitative estimate of drug-likeness (QED) is 0.710. The number of hydrogen-bond donors (Lipinski definition) is 0. The lowest BCUT2D eigenvalue weighted by Gasteiger charge is -2.04. The number of carbonyl (C=O) groups excluding carboxylic acids is 1. The molecule has 0 unspecified atom stereocenters. The van der Waals surface area contributed by atoms with Crippen LogP contribution in [-0.4, -0.2) is 5.78 Å². The fourth-order valence-electron chi connectivity index (χ4n) is 1.64. The van der Waals surface area contributed by atoms with Gasteiger partial charge in [0, 0.05) is 20.9 Å². The molecule has 92 valence electrons. The highest BCUT2D eigenvalue weighted by atomic mass is 79.9. The van der Waals surface area contributed by atoms with E-state index in [2.05, 4.69) is 31.9 Å². The van der Waals surface area contributed by atoms with Crippen molar-refractivity contribution in [3.05, 3.63) is 68.4 Å². The van der Waals surface area contributed by atoms with Crippen molar-refractivity contribution in [1.29, 1.82) is 0 Å². The number of halogens is 3. The molecule has 0 N–H and O–H groups in total. The van der Waals surface area contributed by atoms with Crippen LogP contribution in [0.5, 0.6) is 0 Å². The van der Waals surface area contributed by atoms with E-state index >= 15 is 0 Å². The number of ketones is 1. The maximum absolute atomic E-state index is 13.1. The molecule has 0 aliphatic rings. The highest BCUT2D eigenvalue weighted by molar-refractivity contribution is 9.10. The largest absolute Gasteiger partial charge is 0.294 e. The summed E-state index contributed by atoms with van der Waals surface area (Å²) in [6.07, 6.45) is 0.251. The van der Waals surface area contributed by atoms with Crippen LogP contribution in [-0.2, 0) is 6.42 Å². The molecule has 0 aliphatic heterocycles. The second-order valence-corrected chi connectivity index (χ2v) is 5.62. The SMILES string of the molecule is O=C(Cc1cccc(Br)c1)c1cc(F)ccc1Br. The molecule has 2 rings (SSSR count). The number of Topliss-reactive ketones (excluding diaryl/α,β-unsaturated/α-hetero) is 1. The van der Waals surface area contributed by atoms with Crippen molar-refractivity contribution >= 4 is 37.6 Å². The van der Waals surface area contributed by atoms with E-state index < -0.39 is 5.82 Å². The predicted molar refractivity (Wildman–Crippen MR) is 76.3 cm³/mol. The van der Waals surface area contributed by atoms with Crippen LogP contribution in [0.25, 0.3) is 0 Å². The fourth-order valence-corrected chi connectivity index (χ4v) is 2.55. The molecule has 0 fully saturated rings. The fraction of sp³-hybridized carbons (Fsp3) is 0.0714. The van der Waals surface area contributed by atoms with Crippen molar-refractivity contribution < 1.29 is 9.18 Å². The zero-order valence-electron chi connectivity index (χ0n) is 9.29. The number of hydrogen-bond acceptors (Lipinski definition) is 1. The molecule has 0 bridgehead atoms. The summed E-state index contributed by atoms with van der Waals surface area (Å²) in [5, 5.41) is 0. The summed E-state index contributed by atoms with van der Waals surface area (Å²) in [6.45, 7) is 0. The average molecular weight is 372 g/mol. The second-order valence-electron chi connectivity index (χ2n) is 3.85. The molecule has 4 heteroatoms. The van der Waals surface area contributed by atoms with Gasteiger partial charge in [0.1, 0.15) is 5.82 Å². The first-order valence-electron chi connectivity index (χ1n) is 5.29. The monoisotopic (exact) mass is 370 g/mol. The third-order valence-electron chi connectivity index (χ3n) is 2.48. The molecule has 2 aromatic carbocycles. The van der Waals surface area contributed by atoms with Gasteiger partial charge in [0.2, 0.25) is 0 Å². The minimum Gasteiger partial charge on any atom is -0.294 e. The summed E-state index contributed by atoms with van der Waals surface area (Å²) in [6, 6.07) is 11.6. The molecule has 0 spiro atoms. The molecule has 0 saturated carbocycles. The minimum atomic E-state index is -0.407. The van der Waals surface area contributed by atoms with Crippen molar-refractivity contribution in [3.63, 3.8) is 0 Å². The van der Waals surface area contributed by atoms with Crippen LogP contribution in [0.15, 0.2) is 51.4 Å². The van der Waals surface area contributed by atoms with E-state index in [4.69, 9.17) is 0 Å². The molecule has 1 nitrogen and oxygen atoms in total. The van der Waals surface area contributed by atoms with Crippen molar-refractivity contribution in [2.75, 3.05) is 0 Å². The Bertz CT molecular complexity index is 596. The van der Waals surface area contributed by atoms with Crippen molar-refractivity contribution in [1.82, 2.24) is 0 Å². The van der Waals surface area contributed by atoms with Gasteiger partial charge in [-0.15, -0.1) is 0 Å². The molecular formula is C14H9Br2FO. The van der Waals surface area contributed by atoms with Crippen LogP contribution in [0.3, 0.4) is 0 Å². The van der Waals surface area contributed by atoms with E-state index in [9.17, 15) is 9.18 Å². The Kier molecular flexibility index (Phi) is 4.30. The van der Waals surface area contributed by atoms with Gasteiger partial charge in [-0.1, -0.05) is 44.0 Å². The van der Waals surface area contributed by atoms with E-state index in [0.717, 1.165) is 10.0 Å². The molecule has 0 heterocycles. The van der Waals surface area contributed by atoms with E-state index in [1.807, 2.05) is 24.3 Å². The Hall–Kier alpha value is -1.00. The van der Waals surface area contributed by atoms with Crippen LogP contribution in [0.2, 0.25) is 0 Å². The zero-order valence-corrected chi connectivity index (χ0v) is 12.5. The highest BCUT2D eigenvalue weighted by Gasteiger charge is 2.12. The molecule has 0 aromatic heterocycles. The van der Waals surface area contributed by atoms with Gasteiger partial charge in [0.25, 0.3) is 0 Å². The summed E-state index contributed by atoms with van der Waals surface area (Å²) in [5.74, 6) is -0.518. The second kappa shape index (κ2) is 5.76. The number of rotatable bonds is 3. The number of benzene rings is 2. The maximum Gasteiger partial charge on any atom is 0.168 e. The summed E-state index contributed by atoms with van der Waals surface area (Å²) < 4.78 is 14.7. The minimum absolute atomic E-state index is 0.112. The Morgan fingerprint density at radius 2 is 1.89 bits per heavy atom. The van der Waals surface area contributed by atoms with Crippen LogP contribution < -0.4 is 0 Å². The Morgan fingerprint density at radius 1 is 1.11 bits per heavy atom. The standard InChI is InChI=1S/C14H9Br2FO/c15-10-3-1-2-9(6-10)7-14(18)12-8-11(17)4-5-13(12)16/h1-6,8H,7H2. The van der Waals surface area contributed by atoms with E-state index in [0.29, 0.717) is 10.0 Å². The zero-order chi connectivity index (χ0) is 13.1. The molecule has 0 saturated heterocycles. The van der Waals surface area contributed by atoms with Gasteiger partial charge in [-0.25, -0.2) is 4.39 Å². The van der Waals surface area contributed by atoms with E-state index in [1.54, 1.807) is 6.07 Å². The molecule has 0 amide bonds. The third-order valence-corrected chi connectivity index (χ3v) is 3.67. The van der Waals surface area contributed by atoms with Crippen LogP contribution in [0.4, 0.5) is 4.39 Å². The maximum atomic E-state index is 13.1. The molecule has 0 aliphatic carbocycles. The van der Waals surface area contributed by atoms with Crippen molar-refractivity contribution in [3.8, 4) is 0 Å². The number of carbonyl (C=O) groups is 1. The van der Waals surface area contributed by atoms with Gasteiger partial charge >= 0.3 is 0 Å². The molecular weight excluding hydrogens is 363 g/mol. The van der Waals surface area contributed by atoms with Crippen LogP contribution in [0, 0.1) is 5.82 Å². The lowest BCUT2D eigenvalue weighted by molar-refractivity contribution is 0.0992. The Morgan fingerprint density at radius 3 is 2.61 bits per heavy atom. The van der Waals surface area contributed by atoms with Gasteiger partial charge in [-0.3, -0.25) is 4.79 Å². The predicted octanol–water partition coefficient (Wildman–Crippen LogP) is 4.78. The van der Waals surface area contributed by atoms with E-state index in [-0.39, 0.29) is 12.2 Å². The third kappa shape index (κ3) is 3.27. The van der Waals surface area contributed by atoms with Crippen LogP contribution >= 0.6 is 31.9 Å². The normalized spacial score (nSPS) is 10.4. The summed E-state index contributed by atoms with van der Waals surface area (Å²) >= 11 is 6.62. The van der Waals surface area contributed by atoms with Gasteiger partial charge in [0.15, 0.2) is 5.78 Å². The first-order chi connectivity index (χ1) is 8.56. The van der Waals surface area contributed by atoms with Crippen LogP contribution in [0.1, 0.15) is 15.9 Å². The Labute approximate surface area is 121 Å². The highest BCUT2D eigenvalue weighted by Crippen LogP contribution is 2.20. The molecule has 0 atom stereocenters. The average Bonchev–Trinajstić information content (AvgIpc) is 2.32. The summed E-state index contributed by atoms with van der Waals surface area (Å²) in [4.78, 5) is 12.1. The van der Waals surface area contributed by atoms with E-state index in [1.165, 1.54) is 12.1 Å². The van der Waals surface area contributed by atoms with Gasteiger partial charge < -0.3 is 0 Å². The molecule has 18 heavy (non-hydrogen) atoms. The molecule has 2 aromatic rings. The first kappa shape index (κ1) is 13.4. The molecule has 0 radical (unpaired) electrons. The van der Waals surface area contributed by atoms with Gasteiger partial charge in [0.05, 0.1) is 0 Å². The first-order valence-corrected chi connectivity index (χ1v) is 6.87. The van der Waals surface area contributed by atoms with Gasteiger partial charge in [-0.05, 0) is 35.9 Å². The van der Waals surface area contributed by atoms with Gasteiger partial charge in [-0.2, -0.15) is 0 Å². The van der Waals surface area contributed by atoms with Crippen molar-refractivity contribution in [2.45, 2.75) is 6.42 Å². The summed E-state index contributed by atoms with van der Waals surface area (Å²) in [5.41, 5.74) is 1.26. The van der Waals surface area contributed by atoms with Crippen molar-refractivity contribution in [2.24, 2.45) is 0 Å². The lowest BCUT2D eigenvalue weighted by Crippen LogP contribution is -2.05. The topological polar surface area (TPSA) is 17.1 Å².